The van der Waals surface area contributed by atoms with Crippen LogP contribution in [-0.4, -0.2) is 55.5 Å². The van der Waals surface area contributed by atoms with E-state index in [0.29, 0.717) is 39.8 Å². The van der Waals surface area contributed by atoms with Gasteiger partial charge in [0, 0.05) is 48.7 Å². The van der Waals surface area contributed by atoms with Gasteiger partial charge in [0.15, 0.2) is 11.4 Å². The molecule has 0 aliphatic carbocycles. The highest BCUT2D eigenvalue weighted by Gasteiger charge is 2.38. The van der Waals surface area contributed by atoms with Gasteiger partial charge in [-0.1, -0.05) is 6.07 Å². The molecular weight excluding hydrogens is 476 g/mol. The fourth-order valence-corrected chi connectivity index (χ4v) is 5.79. The second kappa shape index (κ2) is 10.6. The molecule has 1 atom stereocenters. The molecule has 0 radical (unpaired) electrons. The Morgan fingerprint density at radius 1 is 1.33 bits per heavy atom. The highest BCUT2D eigenvalue weighted by Crippen LogP contribution is 2.39. The molecule has 0 bridgehead atoms. The quantitative estimate of drug-likeness (QED) is 0.396. The maximum atomic E-state index is 13.0. The van der Waals surface area contributed by atoms with Gasteiger partial charge in [-0.25, -0.2) is 4.98 Å². The minimum atomic E-state index is -0.277. The lowest BCUT2D eigenvalue weighted by Gasteiger charge is -2.41. The Hall–Kier alpha value is -3.50. The van der Waals surface area contributed by atoms with Crippen molar-refractivity contribution in [2.24, 2.45) is 5.41 Å². The van der Waals surface area contributed by atoms with Crippen LogP contribution in [0.5, 0.6) is 5.75 Å². The maximum absolute atomic E-state index is 13.0. The number of thiazole rings is 1. The minimum Gasteiger partial charge on any atom is -0.497 e. The molecule has 1 unspecified atom stereocenters. The number of anilines is 3. The van der Waals surface area contributed by atoms with E-state index in [1.165, 1.54) is 24.2 Å². The van der Waals surface area contributed by atoms with Crippen molar-refractivity contribution in [3.05, 3.63) is 58.9 Å². The molecule has 2 aliphatic heterocycles. The van der Waals surface area contributed by atoms with Crippen molar-refractivity contribution in [2.75, 3.05) is 48.8 Å². The Bertz CT molecular complexity index is 1240. The van der Waals surface area contributed by atoms with E-state index >= 15 is 0 Å². The summed E-state index contributed by atoms with van der Waals surface area (Å²) < 4.78 is 5.18. The molecule has 1 aromatic carbocycles. The number of aromatic nitrogens is 2. The van der Waals surface area contributed by atoms with Gasteiger partial charge in [0.2, 0.25) is 0 Å². The number of pyridine rings is 1. The van der Waals surface area contributed by atoms with Crippen LogP contribution in [-0.2, 0) is 6.54 Å². The Morgan fingerprint density at radius 3 is 3.06 bits per heavy atom. The summed E-state index contributed by atoms with van der Waals surface area (Å²) in [5.74, 6) is 0.351. The molecule has 2 saturated heterocycles. The van der Waals surface area contributed by atoms with Crippen LogP contribution in [0.3, 0.4) is 0 Å². The number of aldehydes is 1. The monoisotopic (exact) mass is 506 g/mol. The van der Waals surface area contributed by atoms with Gasteiger partial charge >= 0.3 is 0 Å². The number of methoxy groups -OCH3 is 1. The summed E-state index contributed by atoms with van der Waals surface area (Å²) in [5, 5.41) is 12.1. The van der Waals surface area contributed by atoms with Gasteiger partial charge < -0.3 is 25.6 Å². The van der Waals surface area contributed by atoms with E-state index in [-0.39, 0.29) is 5.91 Å². The summed E-state index contributed by atoms with van der Waals surface area (Å²) in [6.45, 7) is 4.48. The van der Waals surface area contributed by atoms with E-state index in [0.717, 1.165) is 50.1 Å². The van der Waals surface area contributed by atoms with Crippen molar-refractivity contribution >= 4 is 40.0 Å². The Kier molecular flexibility index (Phi) is 7.15. The summed E-state index contributed by atoms with van der Waals surface area (Å²) in [7, 11) is 1.56. The van der Waals surface area contributed by atoms with E-state index in [4.69, 9.17) is 4.74 Å². The molecule has 4 heterocycles. The second-order valence-electron chi connectivity index (χ2n) is 9.37. The van der Waals surface area contributed by atoms with Crippen LogP contribution in [0.4, 0.5) is 16.5 Å². The third-order valence-electron chi connectivity index (χ3n) is 7.03. The van der Waals surface area contributed by atoms with Gasteiger partial charge in [-0.15, -0.1) is 11.3 Å². The van der Waals surface area contributed by atoms with Crippen molar-refractivity contribution in [3.8, 4) is 5.75 Å². The Labute approximate surface area is 214 Å². The number of nitrogens with zero attached hydrogens (tertiary/aromatic N) is 3. The lowest BCUT2D eigenvalue weighted by molar-refractivity contribution is 0.102. The number of hydrogen-bond acceptors (Lipinski definition) is 9. The Balaban J connectivity index is 1.25. The first-order chi connectivity index (χ1) is 17.6. The number of nitrogens with one attached hydrogen (secondary N) is 3. The molecule has 3 N–H and O–H groups in total. The minimum absolute atomic E-state index is 0.277. The first-order valence-corrected chi connectivity index (χ1v) is 13.0. The first kappa shape index (κ1) is 24.2. The zero-order valence-corrected chi connectivity index (χ0v) is 21.1. The second-order valence-corrected chi connectivity index (χ2v) is 10.2. The van der Waals surface area contributed by atoms with Gasteiger partial charge in [-0.2, -0.15) is 0 Å². The van der Waals surface area contributed by atoms with E-state index in [1.54, 1.807) is 30.9 Å². The highest BCUT2D eigenvalue weighted by atomic mass is 32.1. The first-order valence-electron chi connectivity index (χ1n) is 12.1. The predicted octanol–water partition coefficient (Wildman–Crippen LogP) is 3.80. The molecule has 2 aromatic heterocycles. The van der Waals surface area contributed by atoms with Crippen LogP contribution >= 0.6 is 11.3 Å². The van der Waals surface area contributed by atoms with Gasteiger partial charge in [-0.3, -0.25) is 14.6 Å². The largest absolute Gasteiger partial charge is 0.497 e. The van der Waals surface area contributed by atoms with Crippen molar-refractivity contribution in [3.63, 3.8) is 0 Å². The van der Waals surface area contributed by atoms with Crippen LogP contribution in [0.2, 0.25) is 0 Å². The number of hydrogen-bond donors (Lipinski definition) is 3. The van der Waals surface area contributed by atoms with Gasteiger partial charge in [0.25, 0.3) is 5.91 Å². The molecule has 2 fully saturated rings. The van der Waals surface area contributed by atoms with E-state index in [9.17, 15) is 9.59 Å². The number of carbonyl (C=O) groups excluding carboxylic acids is 2. The average molecular weight is 507 g/mol. The number of amides is 1. The topological polar surface area (TPSA) is 108 Å². The number of ether oxygens (including phenoxy) is 1. The lowest BCUT2D eigenvalue weighted by atomic mass is 9.79. The van der Waals surface area contributed by atoms with Crippen molar-refractivity contribution in [1.82, 2.24) is 15.3 Å². The van der Waals surface area contributed by atoms with E-state index < -0.39 is 0 Å². The van der Waals surface area contributed by atoms with Crippen LogP contribution in [0.25, 0.3) is 0 Å². The molecule has 36 heavy (non-hydrogen) atoms. The van der Waals surface area contributed by atoms with Gasteiger partial charge in [0.05, 0.1) is 24.7 Å². The molecule has 0 saturated carbocycles. The van der Waals surface area contributed by atoms with E-state index in [1.807, 2.05) is 18.2 Å². The van der Waals surface area contributed by atoms with Crippen LogP contribution in [0.15, 0.2) is 42.0 Å². The summed E-state index contributed by atoms with van der Waals surface area (Å²) in [4.78, 5) is 35.6. The molecule has 3 aromatic rings. The summed E-state index contributed by atoms with van der Waals surface area (Å²) in [5.41, 5.74) is 3.71. The molecular formula is C26H30N6O3S. The predicted molar refractivity (Wildman–Crippen MR) is 141 cm³/mol. The third-order valence-corrected chi connectivity index (χ3v) is 7.83. The molecule has 5 rings (SSSR count). The molecule has 1 amide bonds. The molecule has 2 aliphatic rings. The van der Waals surface area contributed by atoms with Gasteiger partial charge in [-0.05, 0) is 49.6 Å². The summed E-state index contributed by atoms with van der Waals surface area (Å²) in [6.07, 6.45) is 7.85. The van der Waals surface area contributed by atoms with Crippen molar-refractivity contribution < 1.29 is 14.3 Å². The normalized spacial score (nSPS) is 19.3. The Morgan fingerprint density at radius 2 is 2.25 bits per heavy atom. The standard InChI is InChI=1S/C26H30N6O3S/c1-35-20-4-3-18(19(11-20)14-33)12-29-25-31-22(15-36-25)24(34)30-21-13-27-8-5-23(21)32-10-2-6-26(17-32)7-9-28-16-26/h3-5,8,11,13-15,28H,2,6-7,9-10,12,16-17H2,1H3,(H,29,31)(H,30,34). The molecule has 1 spiro atoms. The van der Waals surface area contributed by atoms with Crippen LogP contribution in [0, 0.1) is 5.41 Å². The van der Waals surface area contributed by atoms with Crippen molar-refractivity contribution in [1.29, 1.82) is 0 Å². The van der Waals surface area contributed by atoms with Crippen LogP contribution in [0.1, 0.15) is 45.7 Å². The van der Waals surface area contributed by atoms with Gasteiger partial charge in [0.1, 0.15) is 11.4 Å². The molecule has 188 valence electrons. The fourth-order valence-electron chi connectivity index (χ4n) is 5.10. The SMILES string of the molecule is COc1ccc(CNc2nc(C(=O)Nc3cnccc3N3CCCC4(CCNC4)C3)cs2)c(C=O)c1. The van der Waals surface area contributed by atoms with Crippen molar-refractivity contribution in [2.45, 2.75) is 25.8 Å². The smallest absolute Gasteiger partial charge is 0.275 e. The maximum Gasteiger partial charge on any atom is 0.275 e. The van der Waals surface area contributed by atoms with E-state index in [2.05, 4.69) is 30.8 Å². The average Bonchev–Trinajstić information content (AvgIpc) is 3.57. The summed E-state index contributed by atoms with van der Waals surface area (Å²) >= 11 is 1.34. The lowest BCUT2D eigenvalue weighted by Crippen LogP contribution is -2.44. The highest BCUT2D eigenvalue weighted by molar-refractivity contribution is 7.13. The zero-order chi connectivity index (χ0) is 25.0. The third kappa shape index (κ3) is 5.19. The summed E-state index contributed by atoms with van der Waals surface area (Å²) in [6, 6.07) is 7.32. The number of benzene rings is 1. The van der Waals surface area contributed by atoms with Crippen LogP contribution < -0.4 is 25.6 Å². The molecule has 9 nitrogen and oxygen atoms in total. The fraction of sp³-hybridized carbons (Fsp3) is 0.385. The zero-order valence-electron chi connectivity index (χ0n) is 20.3. The molecule has 10 heteroatoms. The number of rotatable bonds is 8. The number of piperidine rings is 1. The number of carbonyl (C=O) groups is 2.